The van der Waals surface area contributed by atoms with E-state index in [1.807, 2.05) is 0 Å². The number of carbonyl (C=O) groups is 4. The van der Waals surface area contributed by atoms with Crippen molar-refractivity contribution in [1.82, 2.24) is 0 Å². The number of phosphoric ester groups is 2. The van der Waals surface area contributed by atoms with Crippen molar-refractivity contribution in [1.29, 1.82) is 0 Å². The van der Waals surface area contributed by atoms with Gasteiger partial charge in [-0.15, -0.1) is 0 Å². The standard InChI is InChI=1S/C70H136O17P2/c1-9-62(7)48-40-32-26-28-34-42-50-67(72)80-56-65(86-69(74)52-44-36-24-20-18-16-14-12-11-13-15-17-19-22-30-38-46-60(3)4)58-84-88(76,77)82-54-64(71)55-83-89(78,79)85-59-66(87-70(75)53-45-37-25-21-23-31-39-47-61(5)6)57-81-68(73)51-43-35-29-27-33-41-49-63(8)10-2/h60-66,71H,9-59H2,1-8H3,(H,76,77)(H,78,79)/t62?,63?,64-,65+,66+/m0/s1. The Kier molecular flexibility index (Phi) is 58.5. The number of unbranched alkanes of at least 4 members (excludes halogenated alkanes) is 31. The molecule has 0 aromatic heterocycles. The van der Waals surface area contributed by atoms with E-state index in [4.69, 9.17) is 37.0 Å². The van der Waals surface area contributed by atoms with E-state index in [-0.39, 0.29) is 25.7 Å². The molecule has 0 radical (unpaired) electrons. The van der Waals surface area contributed by atoms with Crippen LogP contribution in [-0.4, -0.2) is 96.7 Å². The first-order valence-electron chi connectivity index (χ1n) is 36.3. The minimum absolute atomic E-state index is 0.102. The molecule has 0 amide bonds. The predicted octanol–water partition coefficient (Wildman–Crippen LogP) is 19.7. The Morgan fingerprint density at radius 2 is 0.539 bits per heavy atom. The Labute approximate surface area is 543 Å². The van der Waals surface area contributed by atoms with Crippen LogP contribution < -0.4 is 0 Å². The van der Waals surface area contributed by atoms with Gasteiger partial charge in [0.15, 0.2) is 12.2 Å². The quantitative estimate of drug-likeness (QED) is 0.0222. The van der Waals surface area contributed by atoms with Crippen LogP contribution in [0.2, 0.25) is 0 Å². The number of rotatable bonds is 67. The molecule has 0 aromatic carbocycles. The van der Waals surface area contributed by atoms with Crippen molar-refractivity contribution in [2.75, 3.05) is 39.6 Å². The summed E-state index contributed by atoms with van der Waals surface area (Å²) in [6, 6.07) is 0. The van der Waals surface area contributed by atoms with Gasteiger partial charge in [0, 0.05) is 25.7 Å². The number of aliphatic hydroxyl groups excluding tert-OH is 1. The predicted molar refractivity (Wildman–Crippen MR) is 358 cm³/mol. The van der Waals surface area contributed by atoms with Crippen molar-refractivity contribution >= 4 is 39.5 Å². The molecule has 0 heterocycles. The van der Waals surface area contributed by atoms with Gasteiger partial charge in [0.25, 0.3) is 0 Å². The van der Waals surface area contributed by atoms with E-state index < -0.39 is 97.5 Å². The Bertz CT molecular complexity index is 1770. The first kappa shape index (κ1) is 87.1. The van der Waals surface area contributed by atoms with E-state index >= 15 is 0 Å². The Morgan fingerprint density at radius 3 is 0.798 bits per heavy atom. The summed E-state index contributed by atoms with van der Waals surface area (Å²) in [5, 5.41) is 10.6. The lowest BCUT2D eigenvalue weighted by Crippen LogP contribution is -2.30. The molecule has 0 aliphatic rings. The average Bonchev–Trinajstić information content (AvgIpc) is 3.71. The second kappa shape index (κ2) is 59.8. The molecule has 0 aliphatic carbocycles. The maximum atomic E-state index is 13.0. The van der Waals surface area contributed by atoms with Crippen molar-refractivity contribution in [3.05, 3.63) is 0 Å². The van der Waals surface area contributed by atoms with Gasteiger partial charge in [-0.2, -0.15) is 0 Å². The molecule has 19 heteroatoms. The third-order valence-electron chi connectivity index (χ3n) is 16.8. The fourth-order valence-corrected chi connectivity index (χ4v) is 12.0. The summed E-state index contributed by atoms with van der Waals surface area (Å²) in [4.78, 5) is 72.4. The Balaban J connectivity index is 5.20. The largest absolute Gasteiger partial charge is 0.472 e. The lowest BCUT2D eigenvalue weighted by atomic mass is 10.00. The maximum Gasteiger partial charge on any atom is 0.472 e. The highest BCUT2D eigenvalue weighted by Crippen LogP contribution is 2.45. The van der Waals surface area contributed by atoms with E-state index in [0.717, 1.165) is 120 Å². The normalized spacial score (nSPS) is 14.9. The lowest BCUT2D eigenvalue weighted by molar-refractivity contribution is -0.161. The van der Waals surface area contributed by atoms with Gasteiger partial charge in [0.1, 0.15) is 19.3 Å². The summed E-state index contributed by atoms with van der Waals surface area (Å²) in [7, 11) is -9.90. The van der Waals surface area contributed by atoms with E-state index in [1.54, 1.807) is 0 Å². The summed E-state index contributed by atoms with van der Waals surface area (Å²) in [6.07, 6.45) is 41.9. The van der Waals surface area contributed by atoms with Crippen LogP contribution >= 0.6 is 15.6 Å². The van der Waals surface area contributed by atoms with Crippen LogP contribution in [0.25, 0.3) is 0 Å². The maximum absolute atomic E-state index is 13.0. The molecule has 0 aromatic rings. The van der Waals surface area contributed by atoms with Crippen LogP contribution in [0, 0.1) is 23.7 Å². The highest BCUT2D eigenvalue weighted by atomic mass is 31.2. The first-order valence-corrected chi connectivity index (χ1v) is 39.3. The highest BCUT2D eigenvalue weighted by Gasteiger charge is 2.30. The number of hydrogen-bond donors (Lipinski definition) is 3. The van der Waals surface area contributed by atoms with Crippen LogP contribution in [0.1, 0.15) is 344 Å². The minimum atomic E-state index is -4.95. The number of hydrogen-bond acceptors (Lipinski definition) is 15. The molecule has 528 valence electrons. The highest BCUT2D eigenvalue weighted by molar-refractivity contribution is 7.47. The molecule has 4 unspecified atom stereocenters. The Morgan fingerprint density at radius 1 is 0.315 bits per heavy atom. The van der Waals surface area contributed by atoms with Gasteiger partial charge in [-0.3, -0.25) is 37.3 Å². The number of carbonyl (C=O) groups excluding carboxylic acids is 4. The summed E-state index contributed by atoms with van der Waals surface area (Å²) in [5.74, 6) is 0.833. The molecule has 0 bridgehead atoms. The number of phosphoric acid groups is 2. The zero-order valence-corrected chi connectivity index (χ0v) is 59.8. The monoisotopic (exact) mass is 1310 g/mol. The molecule has 3 N–H and O–H groups in total. The van der Waals surface area contributed by atoms with Crippen LogP contribution in [0.3, 0.4) is 0 Å². The van der Waals surface area contributed by atoms with Crippen molar-refractivity contribution < 1.29 is 80.2 Å². The second-order valence-electron chi connectivity index (χ2n) is 26.7. The van der Waals surface area contributed by atoms with Crippen LogP contribution in [0.4, 0.5) is 0 Å². The minimum Gasteiger partial charge on any atom is -0.462 e. The SMILES string of the molecule is CCC(C)CCCCCCCCC(=O)OC[C@H](COP(=O)(O)OC[C@H](O)COP(=O)(O)OC[C@@H](COC(=O)CCCCCCCCC(C)CC)OC(=O)CCCCCCCCCC(C)C)OC(=O)CCCCCCCCCCCCCCCCCCC(C)C. The smallest absolute Gasteiger partial charge is 0.462 e. The fourth-order valence-electron chi connectivity index (χ4n) is 10.4. The molecule has 17 nitrogen and oxygen atoms in total. The van der Waals surface area contributed by atoms with Crippen LogP contribution in [-0.2, 0) is 65.4 Å². The van der Waals surface area contributed by atoms with Gasteiger partial charge in [-0.25, -0.2) is 9.13 Å². The molecular weight excluding hydrogens is 1170 g/mol. The van der Waals surface area contributed by atoms with Crippen molar-refractivity contribution in [3.63, 3.8) is 0 Å². The number of aliphatic hydroxyl groups is 1. The van der Waals surface area contributed by atoms with Gasteiger partial charge in [-0.1, -0.05) is 293 Å². The summed E-state index contributed by atoms with van der Waals surface area (Å²) in [5.41, 5.74) is 0. The van der Waals surface area contributed by atoms with Gasteiger partial charge in [0.2, 0.25) is 0 Å². The zero-order valence-electron chi connectivity index (χ0n) is 58.1. The van der Waals surface area contributed by atoms with Crippen molar-refractivity contribution in [2.24, 2.45) is 23.7 Å². The summed E-state index contributed by atoms with van der Waals surface area (Å²) in [6.45, 7) is 14.0. The average molecular weight is 1310 g/mol. The van der Waals surface area contributed by atoms with Gasteiger partial charge in [0.05, 0.1) is 26.4 Å². The van der Waals surface area contributed by atoms with E-state index in [2.05, 4.69) is 55.4 Å². The van der Waals surface area contributed by atoms with E-state index in [0.29, 0.717) is 31.6 Å². The molecule has 0 fully saturated rings. The molecule has 89 heavy (non-hydrogen) atoms. The molecule has 0 rings (SSSR count). The number of esters is 4. The first-order chi connectivity index (χ1) is 42.7. The topological polar surface area (TPSA) is 237 Å². The fraction of sp³-hybridized carbons (Fsp3) is 0.943. The lowest BCUT2D eigenvalue weighted by Gasteiger charge is -2.21. The van der Waals surface area contributed by atoms with Gasteiger partial charge < -0.3 is 33.8 Å². The summed E-state index contributed by atoms with van der Waals surface area (Å²) >= 11 is 0. The van der Waals surface area contributed by atoms with E-state index in [9.17, 15) is 43.2 Å². The molecule has 0 saturated heterocycles. The molecule has 0 saturated carbocycles. The number of ether oxygens (including phenoxy) is 4. The van der Waals surface area contributed by atoms with Gasteiger partial charge in [-0.05, 0) is 49.4 Å². The molecular formula is C70H136O17P2. The Hall–Kier alpha value is -1.94. The van der Waals surface area contributed by atoms with Gasteiger partial charge >= 0.3 is 39.5 Å². The molecule has 0 aliphatic heterocycles. The summed E-state index contributed by atoms with van der Waals surface area (Å²) < 4.78 is 68.2. The van der Waals surface area contributed by atoms with Crippen LogP contribution in [0.15, 0.2) is 0 Å². The zero-order chi connectivity index (χ0) is 66.1. The third-order valence-corrected chi connectivity index (χ3v) is 18.7. The van der Waals surface area contributed by atoms with E-state index in [1.165, 1.54) is 135 Å². The van der Waals surface area contributed by atoms with Crippen molar-refractivity contribution in [2.45, 2.75) is 363 Å². The molecule has 0 spiro atoms. The third kappa shape index (κ3) is 62.0. The van der Waals surface area contributed by atoms with Crippen LogP contribution in [0.5, 0.6) is 0 Å². The van der Waals surface area contributed by atoms with Crippen molar-refractivity contribution in [3.8, 4) is 0 Å². The second-order valence-corrected chi connectivity index (χ2v) is 29.6. The molecule has 7 atom stereocenters.